The maximum absolute atomic E-state index is 6.27. The molecule has 3 heteroatoms. The number of nitrogens with two attached hydrogens (primary N) is 1. The predicted octanol–water partition coefficient (Wildman–Crippen LogP) is 2.84. The zero-order valence-corrected chi connectivity index (χ0v) is 11.1. The van der Waals surface area contributed by atoms with Gasteiger partial charge in [-0.2, -0.15) is 11.3 Å². The summed E-state index contributed by atoms with van der Waals surface area (Å²) in [4.78, 5) is 2.56. The molecule has 1 fully saturated rings. The van der Waals surface area contributed by atoms with Crippen LogP contribution in [-0.4, -0.2) is 23.0 Å². The molecule has 0 aliphatic heterocycles. The van der Waals surface area contributed by atoms with Gasteiger partial charge < -0.3 is 5.73 Å². The van der Waals surface area contributed by atoms with Crippen LogP contribution in [0.3, 0.4) is 0 Å². The molecular weight excluding hydrogens is 216 g/mol. The van der Waals surface area contributed by atoms with Crippen molar-refractivity contribution in [3.05, 3.63) is 22.4 Å². The maximum Gasteiger partial charge on any atom is 0.0252 e. The third-order valence-electron chi connectivity index (χ3n) is 3.40. The van der Waals surface area contributed by atoms with Crippen molar-refractivity contribution in [2.75, 3.05) is 6.54 Å². The summed E-state index contributed by atoms with van der Waals surface area (Å²) in [5, 5.41) is 4.40. The molecule has 2 N–H and O–H groups in total. The monoisotopic (exact) mass is 238 g/mol. The van der Waals surface area contributed by atoms with Gasteiger partial charge >= 0.3 is 0 Å². The van der Waals surface area contributed by atoms with Gasteiger partial charge in [-0.1, -0.05) is 6.92 Å². The molecule has 0 aromatic carbocycles. The van der Waals surface area contributed by atoms with Crippen molar-refractivity contribution in [3.63, 3.8) is 0 Å². The van der Waals surface area contributed by atoms with Crippen molar-refractivity contribution >= 4 is 11.3 Å². The topological polar surface area (TPSA) is 29.3 Å². The molecule has 0 amide bonds. The second kappa shape index (κ2) is 4.86. The van der Waals surface area contributed by atoms with Gasteiger partial charge in [0.05, 0.1) is 0 Å². The van der Waals surface area contributed by atoms with Crippen molar-refractivity contribution in [1.82, 2.24) is 4.90 Å². The minimum absolute atomic E-state index is 0.0430. The van der Waals surface area contributed by atoms with E-state index >= 15 is 0 Å². The molecule has 1 aromatic rings. The third-order valence-corrected chi connectivity index (χ3v) is 4.13. The summed E-state index contributed by atoms with van der Waals surface area (Å²) < 4.78 is 0. The standard InChI is InChI=1S/C13H22N2S/c1-3-13(2,14)10-15(12-4-5-12)8-11-6-7-16-9-11/h6-7,9,12H,3-5,8,10,14H2,1-2H3. The summed E-state index contributed by atoms with van der Waals surface area (Å²) in [6.07, 6.45) is 3.74. The van der Waals surface area contributed by atoms with Crippen molar-refractivity contribution in [3.8, 4) is 0 Å². The average molecular weight is 238 g/mol. The molecule has 90 valence electrons. The molecule has 1 aliphatic rings. The van der Waals surface area contributed by atoms with E-state index in [0.717, 1.165) is 25.6 Å². The molecular formula is C13H22N2S. The average Bonchev–Trinajstić information content (AvgIpc) is 2.97. The molecule has 0 radical (unpaired) electrons. The van der Waals surface area contributed by atoms with Crippen LogP contribution in [-0.2, 0) is 6.54 Å². The van der Waals surface area contributed by atoms with Crippen LogP contribution in [0.4, 0.5) is 0 Å². The lowest BCUT2D eigenvalue weighted by atomic mass is 9.99. The Morgan fingerprint density at radius 1 is 1.56 bits per heavy atom. The van der Waals surface area contributed by atoms with E-state index in [-0.39, 0.29) is 5.54 Å². The molecule has 1 unspecified atom stereocenters. The largest absolute Gasteiger partial charge is 0.324 e. The molecule has 0 saturated heterocycles. The smallest absolute Gasteiger partial charge is 0.0252 e. The molecule has 1 aromatic heterocycles. The van der Waals surface area contributed by atoms with Crippen LogP contribution >= 0.6 is 11.3 Å². The molecule has 0 bridgehead atoms. The second-order valence-electron chi connectivity index (χ2n) is 5.28. The zero-order valence-electron chi connectivity index (χ0n) is 10.3. The van der Waals surface area contributed by atoms with Gasteiger partial charge in [0.1, 0.15) is 0 Å². The van der Waals surface area contributed by atoms with E-state index < -0.39 is 0 Å². The number of rotatable bonds is 6. The lowest BCUT2D eigenvalue weighted by Crippen LogP contribution is -2.47. The highest BCUT2D eigenvalue weighted by Gasteiger charge is 2.32. The van der Waals surface area contributed by atoms with Crippen LogP contribution in [0.2, 0.25) is 0 Å². The molecule has 1 saturated carbocycles. The maximum atomic E-state index is 6.27. The van der Waals surface area contributed by atoms with Crippen LogP contribution in [0.25, 0.3) is 0 Å². The van der Waals surface area contributed by atoms with Crippen LogP contribution in [0.1, 0.15) is 38.7 Å². The van der Waals surface area contributed by atoms with Gasteiger partial charge in [0.25, 0.3) is 0 Å². The molecule has 1 aliphatic carbocycles. The minimum atomic E-state index is -0.0430. The van der Waals surface area contributed by atoms with Gasteiger partial charge in [-0.05, 0) is 48.6 Å². The Kier molecular flexibility index (Phi) is 3.67. The first-order valence-corrected chi connectivity index (χ1v) is 7.09. The highest BCUT2D eigenvalue weighted by Crippen LogP contribution is 2.30. The number of thiophene rings is 1. The van der Waals surface area contributed by atoms with Gasteiger partial charge in [-0.3, -0.25) is 4.90 Å². The molecule has 2 nitrogen and oxygen atoms in total. The first-order chi connectivity index (χ1) is 7.61. The quantitative estimate of drug-likeness (QED) is 0.825. The van der Waals surface area contributed by atoms with E-state index in [1.54, 1.807) is 11.3 Å². The van der Waals surface area contributed by atoms with E-state index in [1.807, 2.05) is 0 Å². The summed E-state index contributed by atoms with van der Waals surface area (Å²) in [6, 6.07) is 3.01. The van der Waals surface area contributed by atoms with Crippen molar-refractivity contribution in [2.24, 2.45) is 5.73 Å². The molecule has 1 heterocycles. The van der Waals surface area contributed by atoms with E-state index in [1.165, 1.54) is 18.4 Å². The summed E-state index contributed by atoms with van der Waals surface area (Å²) in [5.41, 5.74) is 7.66. The van der Waals surface area contributed by atoms with Crippen molar-refractivity contribution in [2.45, 2.75) is 51.2 Å². The fourth-order valence-corrected chi connectivity index (χ4v) is 2.61. The van der Waals surface area contributed by atoms with Crippen LogP contribution in [0, 0.1) is 0 Å². The van der Waals surface area contributed by atoms with Gasteiger partial charge in [-0.15, -0.1) is 0 Å². The predicted molar refractivity (Wildman–Crippen MR) is 70.6 cm³/mol. The Labute approximate surface area is 102 Å². The fraction of sp³-hybridized carbons (Fsp3) is 0.692. The fourth-order valence-electron chi connectivity index (χ4n) is 1.95. The van der Waals surface area contributed by atoms with Crippen molar-refractivity contribution < 1.29 is 0 Å². The van der Waals surface area contributed by atoms with E-state index in [4.69, 9.17) is 5.73 Å². The Morgan fingerprint density at radius 3 is 2.81 bits per heavy atom. The van der Waals surface area contributed by atoms with E-state index in [9.17, 15) is 0 Å². The SMILES string of the molecule is CCC(C)(N)CN(Cc1ccsc1)C1CC1. The highest BCUT2D eigenvalue weighted by molar-refractivity contribution is 7.07. The van der Waals surface area contributed by atoms with Gasteiger partial charge in [0.15, 0.2) is 0 Å². The summed E-state index contributed by atoms with van der Waals surface area (Å²) >= 11 is 1.78. The number of hydrogen-bond donors (Lipinski definition) is 1. The van der Waals surface area contributed by atoms with E-state index in [2.05, 4.69) is 35.6 Å². The zero-order chi connectivity index (χ0) is 11.6. The Balaban J connectivity index is 1.95. The molecule has 0 spiro atoms. The third kappa shape index (κ3) is 3.30. The highest BCUT2D eigenvalue weighted by atomic mass is 32.1. The summed E-state index contributed by atoms with van der Waals surface area (Å²) in [6.45, 7) is 6.43. The van der Waals surface area contributed by atoms with Crippen LogP contribution < -0.4 is 5.73 Å². The second-order valence-corrected chi connectivity index (χ2v) is 6.06. The Hall–Kier alpha value is -0.380. The molecule has 1 atom stereocenters. The minimum Gasteiger partial charge on any atom is -0.324 e. The molecule has 16 heavy (non-hydrogen) atoms. The normalized spacial score (nSPS) is 20.0. The lowest BCUT2D eigenvalue weighted by Gasteiger charge is -2.31. The van der Waals surface area contributed by atoms with Gasteiger partial charge in [-0.25, -0.2) is 0 Å². The first-order valence-electron chi connectivity index (χ1n) is 6.15. The first kappa shape index (κ1) is 12.1. The van der Waals surface area contributed by atoms with Crippen LogP contribution in [0.5, 0.6) is 0 Å². The number of hydrogen-bond acceptors (Lipinski definition) is 3. The lowest BCUT2D eigenvalue weighted by molar-refractivity contribution is 0.197. The van der Waals surface area contributed by atoms with Crippen LogP contribution in [0.15, 0.2) is 16.8 Å². The Morgan fingerprint density at radius 2 is 2.31 bits per heavy atom. The van der Waals surface area contributed by atoms with Gasteiger partial charge in [0, 0.05) is 24.7 Å². The Bertz CT molecular complexity index is 315. The summed E-state index contributed by atoms with van der Waals surface area (Å²) in [7, 11) is 0. The summed E-state index contributed by atoms with van der Waals surface area (Å²) in [5.74, 6) is 0. The van der Waals surface area contributed by atoms with Gasteiger partial charge in [0.2, 0.25) is 0 Å². The van der Waals surface area contributed by atoms with E-state index in [0.29, 0.717) is 0 Å². The number of nitrogens with zero attached hydrogens (tertiary/aromatic N) is 1. The van der Waals surface area contributed by atoms with Crippen molar-refractivity contribution in [1.29, 1.82) is 0 Å². The molecule has 2 rings (SSSR count).